The lowest BCUT2D eigenvalue weighted by Gasteiger charge is -2.18. The Morgan fingerprint density at radius 1 is 1.13 bits per heavy atom. The molecule has 1 heterocycles. The van der Waals surface area contributed by atoms with E-state index >= 15 is 0 Å². The molecule has 0 fully saturated rings. The van der Waals surface area contributed by atoms with E-state index in [1.807, 2.05) is 26.0 Å². The fourth-order valence-electron chi connectivity index (χ4n) is 3.28. The van der Waals surface area contributed by atoms with Crippen molar-refractivity contribution in [2.45, 2.75) is 31.6 Å². The monoisotopic (exact) mass is 432 g/mol. The summed E-state index contributed by atoms with van der Waals surface area (Å²) in [5.74, 6) is -0.954. The summed E-state index contributed by atoms with van der Waals surface area (Å²) in [5.41, 5.74) is 0.899. The summed E-state index contributed by atoms with van der Waals surface area (Å²) in [6.07, 6.45) is 1.24. The minimum Gasteiger partial charge on any atom is -0.507 e. The van der Waals surface area contributed by atoms with Gasteiger partial charge >= 0.3 is 5.69 Å². The molecule has 2 aromatic carbocycles. The van der Waals surface area contributed by atoms with Gasteiger partial charge < -0.3 is 10.2 Å². The second-order valence-electron chi connectivity index (χ2n) is 6.83. The second-order valence-corrected chi connectivity index (χ2v) is 8.85. The quantitative estimate of drug-likeness (QED) is 0.525. The predicted molar refractivity (Wildman–Crippen MR) is 112 cm³/mol. The molecule has 0 saturated carbocycles. The van der Waals surface area contributed by atoms with Gasteiger partial charge in [0.2, 0.25) is 10.0 Å². The molecule has 3 N–H and O–H groups in total. The Morgan fingerprint density at radius 2 is 1.83 bits per heavy atom. The first-order valence-corrected chi connectivity index (χ1v) is 10.9. The number of aryl methyl sites for hydroxylation is 1. The molecule has 0 spiro atoms. The largest absolute Gasteiger partial charge is 0.507 e. The van der Waals surface area contributed by atoms with Gasteiger partial charge in [0.25, 0.3) is 0 Å². The molecule has 160 valence electrons. The first-order valence-electron chi connectivity index (χ1n) is 9.50. The lowest BCUT2D eigenvalue weighted by Crippen LogP contribution is -2.27. The van der Waals surface area contributed by atoms with Crippen LogP contribution >= 0.6 is 0 Å². The lowest BCUT2D eigenvalue weighted by atomic mass is 10.1. The van der Waals surface area contributed by atoms with Crippen LogP contribution in [-0.2, 0) is 16.4 Å². The Balaban J connectivity index is 2.26. The Kier molecular flexibility index (Phi) is 5.99. The first-order chi connectivity index (χ1) is 14.2. The van der Waals surface area contributed by atoms with Crippen molar-refractivity contribution in [2.24, 2.45) is 0 Å². The molecular formula is C20H24N4O5S. The number of hydrogen-bond donors (Lipinski definition) is 3. The average Bonchev–Trinajstić information content (AvgIpc) is 3.08. The highest BCUT2D eigenvalue weighted by atomic mass is 32.2. The topological polar surface area (TPSA) is 129 Å². The summed E-state index contributed by atoms with van der Waals surface area (Å²) in [6.45, 7) is 4.03. The van der Waals surface area contributed by atoms with Crippen LogP contribution in [0.4, 0.5) is 0 Å². The van der Waals surface area contributed by atoms with E-state index in [1.54, 1.807) is 12.1 Å². The molecule has 10 heteroatoms. The summed E-state index contributed by atoms with van der Waals surface area (Å²) >= 11 is 0. The van der Waals surface area contributed by atoms with Gasteiger partial charge in [-0.25, -0.2) is 27.2 Å². The molecule has 0 unspecified atom stereocenters. The number of hydrogen-bond acceptors (Lipinski definition) is 6. The predicted octanol–water partition coefficient (Wildman–Crippen LogP) is 2.23. The molecule has 0 aliphatic carbocycles. The zero-order valence-electron chi connectivity index (χ0n) is 17.0. The van der Waals surface area contributed by atoms with Gasteiger partial charge in [-0.3, -0.25) is 0 Å². The van der Waals surface area contributed by atoms with Crippen LogP contribution < -0.4 is 5.69 Å². The Morgan fingerprint density at radius 3 is 2.50 bits per heavy atom. The summed E-state index contributed by atoms with van der Waals surface area (Å²) in [6, 6.07) is 9.29. The zero-order chi connectivity index (χ0) is 22.1. The van der Waals surface area contributed by atoms with Crippen LogP contribution in [0.25, 0.3) is 17.1 Å². The van der Waals surface area contributed by atoms with Gasteiger partial charge in [0.1, 0.15) is 16.4 Å². The van der Waals surface area contributed by atoms with Crippen LogP contribution in [0.15, 0.2) is 46.1 Å². The van der Waals surface area contributed by atoms with Crippen molar-refractivity contribution in [2.75, 3.05) is 13.6 Å². The van der Waals surface area contributed by atoms with E-state index in [0.717, 1.165) is 22.0 Å². The number of rotatable bonds is 7. The zero-order valence-corrected chi connectivity index (χ0v) is 17.8. The van der Waals surface area contributed by atoms with Gasteiger partial charge in [0, 0.05) is 19.7 Å². The number of nitrogens with one attached hydrogen (secondary N) is 1. The number of para-hydroxylation sites is 1. The molecule has 0 aliphatic heterocycles. The highest BCUT2D eigenvalue weighted by Gasteiger charge is 2.27. The maximum Gasteiger partial charge on any atom is 0.348 e. The van der Waals surface area contributed by atoms with Crippen molar-refractivity contribution in [3.05, 3.63) is 52.4 Å². The van der Waals surface area contributed by atoms with E-state index in [-0.39, 0.29) is 22.8 Å². The van der Waals surface area contributed by atoms with Gasteiger partial charge in [-0.1, -0.05) is 32.0 Å². The molecule has 0 bridgehead atoms. The molecule has 30 heavy (non-hydrogen) atoms. The highest BCUT2D eigenvalue weighted by molar-refractivity contribution is 7.89. The molecule has 0 saturated heterocycles. The highest BCUT2D eigenvalue weighted by Crippen LogP contribution is 2.37. The van der Waals surface area contributed by atoms with Crippen LogP contribution in [0.5, 0.6) is 11.5 Å². The normalized spacial score (nSPS) is 11.9. The maximum absolute atomic E-state index is 12.9. The third-order valence-electron chi connectivity index (χ3n) is 4.83. The first kappa shape index (κ1) is 21.6. The minimum absolute atomic E-state index is 0.000490. The number of aromatic hydroxyl groups is 2. The summed E-state index contributed by atoms with van der Waals surface area (Å²) in [5, 5.41) is 27.0. The summed E-state index contributed by atoms with van der Waals surface area (Å²) < 4.78 is 28.2. The van der Waals surface area contributed by atoms with Crippen LogP contribution in [0.2, 0.25) is 0 Å². The molecule has 3 aromatic rings. The molecule has 0 atom stereocenters. The number of phenolic OH excluding ortho intramolecular Hbond substituents is 2. The van der Waals surface area contributed by atoms with E-state index in [1.165, 1.54) is 11.6 Å². The molecule has 9 nitrogen and oxygen atoms in total. The SMILES string of the molecule is CCCN(C)S(=O)(=O)c1cc(-c2n[nH]c(=O)n2-c2ccccc2CC)c(O)cc1O. The molecule has 1 aromatic heterocycles. The van der Waals surface area contributed by atoms with Crippen molar-refractivity contribution in [1.29, 1.82) is 0 Å². The van der Waals surface area contributed by atoms with E-state index < -0.39 is 27.2 Å². The van der Waals surface area contributed by atoms with E-state index in [4.69, 9.17) is 0 Å². The number of H-pyrrole nitrogens is 1. The van der Waals surface area contributed by atoms with Crippen molar-refractivity contribution in [1.82, 2.24) is 19.1 Å². The van der Waals surface area contributed by atoms with Crippen molar-refractivity contribution in [3.8, 4) is 28.6 Å². The molecule has 0 radical (unpaired) electrons. The summed E-state index contributed by atoms with van der Waals surface area (Å²) in [4.78, 5) is 12.1. The maximum atomic E-state index is 12.9. The van der Waals surface area contributed by atoms with Crippen LogP contribution in [0.1, 0.15) is 25.8 Å². The van der Waals surface area contributed by atoms with E-state index in [0.29, 0.717) is 18.5 Å². The number of benzene rings is 2. The third-order valence-corrected chi connectivity index (χ3v) is 6.72. The van der Waals surface area contributed by atoms with Crippen LogP contribution in [-0.4, -0.2) is 51.3 Å². The molecule has 0 amide bonds. The standard InChI is InChI=1S/C20H24N4O5S/c1-4-10-23(3)30(28,29)18-11-14(16(25)12-17(18)26)19-21-22-20(27)24(19)15-9-7-6-8-13(15)5-2/h6-9,11-12,25-26H,4-5,10H2,1-3H3,(H,22,27). The van der Waals surface area contributed by atoms with Crippen molar-refractivity contribution in [3.63, 3.8) is 0 Å². The number of sulfonamides is 1. The smallest absolute Gasteiger partial charge is 0.348 e. The average molecular weight is 433 g/mol. The van der Waals surface area contributed by atoms with Crippen molar-refractivity contribution >= 4 is 10.0 Å². The van der Waals surface area contributed by atoms with Gasteiger partial charge in [-0.05, 0) is 30.5 Å². The Hall–Kier alpha value is -3.11. The lowest BCUT2D eigenvalue weighted by molar-refractivity contribution is 0.430. The molecule has 3 rings (SSSR count). The van der Waals surface area contributed by atoms with E-state index in [9.17, 15) is 23.4 Å². The fraction of sp³-hybridized carbons (Fsp3) is 0.300. The van der Waals surface area contributed by atoms with Crippen LogP contribution in [0, 0.1) is 0 Å². The van der Waals surface area contributed by atoms with Gasteiger partial charge in [0.05, 0.1) is 11.3 Å². The minimum atomic E-state index is -4.02. The second kappa shape index (κ2) is 8.33. The van der Waals surface area contributed by atoms with Crippen molar-refractivity contribution < 1.29 is 18.6 Å². The van der Waals surface area contributed by atoms with Gasteiger partial charge in [-0.15, -0.1) is 0 Å². The molecule has 0 aliphatic rings. The fourth-order valence-corrected chi connectivity index (χ4v) is 4.62. The third kappa shape index (κ3) is 3.71. The number of aromatic amines is 1. The number of phenols is 2. The number of aromatic nitrogens is 3. The van der Waals surface area contributed by atoms with Gasteiger partial charge in [0.15, 0.2) is 5.82 Å². The van der Waals surface area contributed by atoms with Gasteiger partial charge in [-0.2, -0.15) is 5.10 Å². The summed E-state index contributed by atoms with van der Waals surface area (Å²) in [7, 11) is -2.61. The Bertz CT molecular complexity index is 1230. The number of nitrogens with zero attached hydrogens (tertiary/aromatic N) is 3. The van der Waals surface area contributed by atoms with E-state index in [2.05, 4.69) is 10.2 Å². The van der Waals surface area contributed by atoms with Crippen LogP contribution in [0.3, 0.4) is 0 Å². The molecular weight excluding hydrogens is 408 g/mol. The Labute approximate surface area is 174 Å².